The molecular formula is C8H11N2NaO2. The van der Waals surface area contributed by atoms with Gasteiger partial charge >= 0.3 is 29.6 Å². The number of H-pyrrole nitrogens is 1. The minimum absolute atomic E-state index is 0. The predicted molar refractivity (Wildman–Crippen MR) is 41.3 cm³/mol. The number of aromatic nitrogens is 2. The molecule has 0 fully saturated rings. The fourth-order valence-electron chi connectivity index (χ4n) is 1.01. The normalized spacial score (nSPS) is 9.31. The van der Waals surface area contributed by atoms with Crippen molar-refractivity contribution in [3.8, 4) is 0 Å². The number of carboxylic acid groups (broad SMARTS) is 1. The summed E-state index contributed by atoms with van der Waals surface area (Å²) in [7, 11) is 0. The number of rotatable bonds is 4. The Hall–Kier alpha value is -0.320. The van der Waals surface area contributed by atoms with Gasteiger partial charge in [0.2, 0.25) is 0 Å². The maximum Gasteiger partial charge on any atom is 1.00 e. The number of hydrogen-bond acceptors (Lipinski definition) is 3. The van der Waals surface area contributed by atoms with Crippen molar-refractivity contribution < 1.29 is 39.5 Å². The summed E-state index contributed by atoms with van der Waals surface area (Å²) in [5.41, 5.74) is 0.610. The van der Waals surface area contributed by atoms with Gasteiger partial charge in [0.1, 0.15) is 5.82 Å². The van der Waals surface area contributed by atoms with Crippen LogP contribution in [0.1, 0.15) is 24.9 Å². The van der Waals surface area contributed by atoms with Crippen LogP contribution in [0.4, 0.5) is 0 Å². The van der Waals surface area contributed by atoms with Crippen molar-refractivity contribution in [1.29, 1.82) is 0 Å². The van der Waals surface area contributed by atoms with Crippen LogP contribution in [0.2, 0.25) is 0 Å². The van der Waals surface area contributed by atoms with Crippen molar-refractivity contribution in [2.24, 2.45) is 0 Å². The van der Waals surface area contributed by atoms with Gasteiger partial charge in [-0.1, -0.05) is 6.92 Å². The Morgan fingerprint density at radius 2 is 2.38 bits per heavy atom. The summed E-state index contributed by atoms with van der Waals surface area (Å²) in [5.74, 6) is -0.240. The van der Waals surface area contributed by atoms with E-state index in [2.05, 4.69) is 9.97 Å². The molecule has 1 rings (SSSR count). The Morgan fingerprint density at radius 1 is 1.69 bits per heavy atom. The molecule has 0 atom stereocenters. The van der Waals surface area contributed by atoms with Gasteiger partial charge in [-0.3, -0.25) is 0 Å². The molecule has 5 heteroatoms. The van der Waals surface area contributed by atoms with E-state index in [0.717, 1.165) is 18.7 Å². The SMILES string of the molecule is CCCc1ncc(CC(=O)[O-])[nH]1.[Na+]. The first-order valence-corrected chi connectivity index (χ1v) is 3.95. The van der Waals surface area contributed by atoms with Gasteiger partial charge in [0.05, 0.1) is 0 Å². The Labute approximate surface area is 99.1 Å². The molecule has 0 aromatic carbocycles. The first-order chi connectivity index (χ1) is 5.72. The summed E-state index contributed by atoms with van der Waals surface area (Å²) in [5, 5.41) is 10.2. The Kier molecular flexibility index (Phi) is 6.03. The number of nitrogens with zero attached hydrogens (tertiary/aromatic N) is 1. The molecular weight excluding hydrogens is 179 g/mol. The maximum atomic E-state index is 10.2. The number of carbonyl (C=O) groups excluding carboxylic acids is 1. The average molecular weight is 190 g/mol. The first kappa shape index (κ1) is 12.7. The number of aryl methyl sites for hydroxylation is 1. The van der Waals surface area contributed by atoms with E-state index in [9.17, 15) is 9.90 Å². The van der Waals surface area contributed by atoms with E-state index in [-0.39, 0.29) is 36.0 Å². The van der Waals surface area contributed by atoms with Gasteiger partial charge in [-0.2, -0.15) is 0 Å². The number of imidazole rings is 1. The first-order valence-electron chi connectivity index (χ1n) is 3.95. The van der Waals surface area contributed by atoms with Crippen LogP contribution in [0.3, 0.4) is 0 Å². The van der Waals surface area contributed by atoms with Crippen molar-refractivity contribution in [3.63, 3.8) is 0 Å². The Bertz CT molecular complexity index is 273. The maximum absolute atomic E-state index is 10.2. The number of hydrogen-bond donors (Lipinski definition) is 1. The molecule has 1 aromatic heterocycles. The number of aromatic amines is 1. The number of aliphatic carboxylic acids is 1. The third kappa shape index (κ3) is 4.45. The number of carboxylic acids is 1. The molecule has 4 nitrogen and oxygen atoms in total. The monoisotopic (exact) mass is 190 g/mol. The van der Waals surface area contributed by atoms with Gasteiger partial charge in [-0.15, -0.1) is 0 Å². The minimum atomic E-state index is -1.08. The zero-order chi connectivity index (χ0) is 8.97. The van der Waals surface area contributed by atoms with Crippen LogP contribution in [-0.2, 0) is 17.6 Å². The fourth-order valence-corrected chi connectivity index (χ4v) is 1.01. The fraction of sp³-hybridized carbons (Fsp3) is 0.500. The number of nitrogens with one attached hydrogen (secondary N) is 1. The van der Waals surface area contributed by atoms with Crippen molar-refractivity contribution in [3.05, 3.63) is 17.7 Å². The molecule has 1 aromatic rings. The summed E-state index contributed by atoms with van der Waals surface area (Å²) in [4.78, 5) is 17.1. The van der Waals surface area contributed by atoms with Gasteiger partial charge in [0.15, 0.2) is 0 Å². The zero-order valence-electron chi connectivity index (χ0n) is 7.96. The molecule has 13 heavy (non-hydrogen) atoms. The van der Waals surface area contributed by atoms with Crippen LogP contribution in [0.15, 0.2) is 6.20 Å². The largest absolute Gasteiger partial charge is 1.00 e. The molecule has 0 saturated heterocycles. The molecule has 0 radical (unpaired) electrons. The Morgan fingerprint density at radius 3 is 2.92 bits per heavy atom. The van der Waals surface area contributed by atoms with Gasteiger partial charge in [0.25, 0.3) is 0 Å². The van der Waals surface area contributed by atoms with E-state index in [1.54, 1.807) is 6.20 Å². The quantitative estimate of drug-likeness (QED) is 0.505. The molecule has 0 amide bonds. The summed E-state index contributed by atoms with van der Waals surface area (Å²) >= 11 is 0. The van der Waals surface area contributed by atoms with Crippen LogP contribution < -0.4 is 34.7 Å². The molecule has 0 aliphatic rings. The smallest absolute Gasteiger partial charge is 0.550 e. The van der Waals surface area contributed by atoms with Crippen molar-refractivity contribution in [2.45, 2.75) is 26.2 Å². The van der Waals surface area contributed by atoms with Crippen molar-refractivity contribution in [2.75, 3.05) is 0 Å². The van der Waals surface area contributed by atoms with Crippen LogP contribution >= 0.6 is 0 Å². The molecule has 0 unspecified atom stereocenters. The summed E-state index contributed by atoms with van der Waals surface area (Å²) < 4.78 is 0. The molecule has 66 valence electrons. The molecule has 1 N–H and O–H groups in total. The summed E-state index contributed by atoms with van der Waals surface area (Å²) in [6.07, 6.45) is 3.31. The summed E-state index contributed by atoms with van der Waals surface area (Å²) in [6.45, 7) is 2.04. The van der Waals surface area contributed by atoms with E-state index >= 15 is 0 Å². The van der Waals surface area contributed by atoms with Gasteiger partial charge < -0.3 is 14.9 Å². The molecule has 0 saturated carbocycles. The van der Waals surface area contributed by atoms with E-state index in [1.807, 2.05) is 6.92 Å². The van der Waals surface area contributed by atoms with Crippen LogP contribution in [0.5, 0.6) is 0 Å². The summed E-state index contributed by atoms with van der Waals surface area (Å²) in [6, 6.07) is 0. The third-order valence-electron chi connectivity index (χ3n) is 1.50. The second-order valence-electron chi connectivity index (χ2n) is 2.65. The van der Waals surface area contributed by atoms with Crippen LogP contribution in [-0.4, -0.2) is 15.9 Å². The van der Waals surface area contributed by atoms with Gasteiger partial charge in [-0.25, -0.2) is 4.98 Å². The number of carbonyl (C=O) groups is 1. The van der Waals surface area contributed by atoms with Crippen molar-refractivity contribution >= 4 is 5.97 Å². The third-order valence-corrected chi connectivity index (χ3v) is 1.50. The van der Waals surface area contributed by atoms with Gasteiger partial charge in [0, 0.05) is 30.7 Å². The minimum Gasteiger partial charge on any atom is -0.550 e. The molecule has 0 aliphatic carbocycles. The van der Waals surface area contributed by atoms with E-state index in [1.165, 1.54) is 0 Å². The topological polar surface area (TPSA) is 68.8 Å². The van der Waals surface area contributed by atoms with Gasteiger partial charge in [-0.05, 0) is 6.42 Å². The van der Waals surface area contributed by atoms with Crippen molar-refractivity contribution in [1.82, 2.24) is 9.97 Å². The van der Waals surface area contributed by atoms with Crippen LogP contribution in [0.25, 0.3) is 0 Å². The average Bonchev–Trinajstić information content (AvgIpc) is 2.36. The Balaban J connectivity index is 0.00000144. The zero-order valence-corrected chi connectivity index (χ0v) is 9.96. The van der Waals surface area contributed by atoms with Crippen LogP contribution in [0, 0.1) is 0 Å². The van der Waals surface area contributed by atoms with E-state index in [4.69, 9.17) is 0 Å². The molecule has 1 heterocycles. The molecule has 0 spiro atoms. The standard InChI is InChI=1S/C8H12N2O2.Na/c1-2-3-7-9-5-6(10-7)4-8(11)12;/h5H,2-4H2,1H3,(H,9,10)(H,11,12);/q;+1/p-1. The second kappa shape index (κ2) is 6.18. The predicted octanol–water partition coefficient (Wildman–Crippen LogP) is -3.34. The van der Waals surface area contributed by atoms with E-state index in [0.29, 0.717) is 5.69 Å². The second-order valence-corrected chi connectivity index (χ2v) is 2.65. The molecule has 0 bridgehead atoms. The van der Waals surface area contributed by atoms with E-state index < -0.39 is 5.97 Å². The molecule has 0 aliphatic heterocycles.